The Morgan fingerprint density at radius 3 is 2.41 bits per heavy atom. The molecule has 0 saturated heterocycles. The van der Waals surface area contributed by atoms with Crippen LogP contribution in [0.25, 0.3) is 11.2 Å². The first-order chi connectivity index (χ1) is 17.5. The third kappa shape index (κ3) is 4.62. The molecule has 4 aromatic rings. The Kier molecular flexibility index (Phi) is 6.70. The van der Waals surface area contributed by atoms with Gasteiger partial charge in [-0.25, -0.2) is 14.6 Å². The lowest BCUT2D eigenvalue weighted by Gasteiger charge is -2.26. The van der Waals surface area contributed by atoms with Gasteiger partial charge in [0.15, 0.2) is 16.9 Å². The number of hydrogen-bond donors (Lipinski definition) is 2. The second-order valence-electron chi connectivity index (χ2n) is 9.21. The molecule has 0 radical (unpaired) electrons. The summed E-state index contributed by atoms with van der Waals surface area (Å²) in [6.07, 6.45) is 1.29. The Balaban J connectivity index is 1.80. The third-order valence-electron chi connectivity index (χ3n) is 6.04. The number of nitrogens with zero attached hydrogens (tertiary/aromatic N) is 6. The van der Waals surface area contributed by atoms with Gasteiger partial charge in [0.1, 0.15) is 12.4 Å². The minimum atomic E-state index is -0.797. The zero-order valence-electron chi connectivity index (χ0n) is 21.0. The van der Waals surface area contributed by atoms with Crippen LogP contribution in [0.2, 0.25) is 0 Å². The smallest absolute Gasteiger partial charge is 0.332 e. The van der Waals surface area contributed by atoms with E-state index < -0.39 is 28.4 Å². The van der Waals surface area contributed by atoms with E-state index in [-0.39, 0.29) is 48.2 Å². The molecule has 37 heavy (non-hydrogen) atoms. The highest BCUT2D eigenvalue weighted by Gasteiger charge is 2.26. The zero-order chi connectivity index (χ0) is 27.0. The van der Waals surface area contributed by atoms with Gasteiger partial charge in [0.05, 0.1) is 12.9 Å². The van der Waals surface area contributed by atoms with Crippen LogP contribution >= 0.6 is 0 Å². The predicted molar refractivity (Wildman–Crippen MR) is 139 cm³/mol. The summed E-state index contributed by atoms with van der Waals surface area (Å²) in [5.74, 6) is -0.767. The number of aromatic nitrogens is 6. The lowest BCUT2D eigenvalue weighted by Crippen LogP contribution is -2.44. The van der Waals surface area contributed by atoms with E-state index in [0.29, 0.717) is 0 Å². The van der Waals surface area contributed by atoms with Crippen molar-refractivity contribution in [1.82, 2.24) is 28.2 Å². The molecule has 3 N–H and O–H groups in total. The van der Waals surface area contributed by atoms with E-state index in [4.69, 9.17) is 5.73 Å². The summed E-state index contributed by atoms with van der Waals surface area (Å²) in [5.41, 5.74) is 4.51. The molecule has 4 rings (SSSR count). The van der Waals surface area contributed by atoms with Crippen LogP contribution in [0.3, 0.4) is 0 Å². The number of amides is 1. The van der Waals surface area contributed by atoms with E-state index in [9.17, 15) is 24.0 Å². The minimum absolute atomic E-state index is 0.0644. The van der Waals surface area contributed by atoms with Gasteiger partial charge in [-0.1, -0.05) is 44.2 Å². The summed E-state index contributed by atoms with van der Waals surface area (Å²) in [5, 5.41) is 0. The number of hydrogen-bond acceptors (Lipinski definition) is 7. The van der Waals surface area contributed by atoms with Gasteiger partial charge in [-0.3, -0.25) is 33.1 Å². The van der Waals surface area contributed by atoms with Crippen molar-refractivity contribution in [2.75, 3.05) is 17.2 Å². The fourth-order valence-corrected chi connectivity index (χ4v) is 4.19. The number of aryl methyl sites for hydroxylation is 1. The molecule has 0 aliphatic heterocycles. The van der Waals surface area contributed by atoms with E-state index in [0.717, 1.165) is 10.1 Å². The monoisotopic (exact) mass is 508 g/mol. The third-order valence-corrected chi connectivity index (χ3v) is 6.04. The molecule has 0 saturated carbocycles. The van der Waals surface area contributed by atoms with E-state index in [2.05, 4.69) is 9.97 Å². The van der Waals surface area contributed by atoms with Crippen LogP contribution in [0, 0.1) is 5.92 Å². The predicted octanol–water partition coefficient (Wildman–Crippen LogP) is -0.397. The molecule has 1 amide bonds. The van der Waals surface area contributed by atoms with Crippen molar-refractivity contribution in [3.05, 3.63) is 83.9 Å². The number of imidazole rings is 1. The van der Waals surface area contributed by atoms with Gasteiger partial charge in [-0.2, -0.15) is 0 Å². The standard InChI is InChI=1S/C24H28N8O5/c1-14(2)10-31(16(33)12-30-13-26-20-18(30)22(35)29(4)24(37)28(20)3)17-19(25)32(23(36)27-21(17)34)11-15-8-6-5-7-9-15/h5-9,13-14H,10-12,25H2,1-4H3,(H,27,34,36). The summed E-state index contributed by atoms with van der Waals surface area (Å²) >= 11 is 0. The number of carbonyl (C=O) groups excluding carboxylic acids is 1. The topological polar surface area (TPSA) is 163 Å². The average Bonchev–Trinajstić information content (AvgIpc) is 3.27. The molecule has 13 heteroatoms. The first-order valence-corrected chi connectivity index (χ1v) is 11.6. The molecular formula is C24H28N8O5. The Labute approximate surface area is 210 Å². The second-order valence-corrected chi connectivity index (χ2v) is 9.21. The molecule has 0 unspecified atom stereocenters. The number of benzene rings is 1. The Hall–Kier alpha value is -4.68. The van der Waals surface area contributed by atoms with Crippen molar-refractivity contribution < 1.29 is 4.79 Å². The number of nitrogen functional groups attached to an aromatic ring is 1. The second kappa shape index (κ2) is 9.76. The number of H-pyrrole nitrogens is 1. The number of anilines is 2. The fourth-order valence-electron chi connectivity index (χ4n) is 4.19. The number of nitrogens with one attached hydrogen (secondary N) is 1. The highest BCUT2D eigenvalue weighted by atomic mass is 16.2. The van der Waals surface area contributed by atoms with Gasteiger partial charge >= 0.3 is 11.4 Å². The number of fused-ring (bicyclic) bond motifs is 1. The minimum Gasteiger partial charge on any atom is -0.383 e. The molecule has 0 aliphatic rings. The highest BCUT2D eigenvalue weighted by molar-refractivity contribution is 5.96. The summed E-state index contributed by atoms with van der Waals surface area (Å²) < 4.78 is 4.67. The van der Waals surface area contributed by atoms with E-state index >= 15 is 0 Å². The first-order valence-electron chi connectivity index (χ1n) is 11.6. The van der Waals surface area contributed by atoms with Gasteiger partial charge in [-0.05, 0) is 11.5 Å². The van der Waals surface area contributed by atoms with Crippen LogP contribution in [0.5, 0.6) is 0 Å². The van der Waals surface area contributed by atoms with Crippen molar-refractivity contribution in [3.63, 3.8) is 0 Å². The first kappa shape index (κ1) is 25.4. The maximum Gasteiger partial charge on any atom is 0.332 e. The summed E-state index contributed by atoms with van der Waals surface area (Å²) in [6.45, 7) is 3.59. The van der Waals surface area contributed by atoms with Crippen molar-refractivity contribution in [2.24, 2.45) is 20.0 Å². The van der Waals surface area contributed by atoms with Crippen molar-refractivity contribution in [1.29, 1.82) is 0 Å². The van der Waals surface area contributed by atoms with E-state index in [1.807, 2.05) is 44.2 Å². The van der Waals surface area contributed by atoms with Crippen LogP contribution in [0.15, 0.2) is 55.8 Å². The van der Waals surface area contributed by atoms with E-state index in [1.54, 1.807) is 0 Å². The zero-order valence-corrected chi connectivity index (χ0v) is 21.0. The van der Waals surface area contributed by atoms with Gasteiger partial charge < -0.3 is 15.2 Å². The molecule has 0 spiro atoms. The van der Waals surface area contributed by atoms with Crippen LogP contribution < -0.4 is 33.1 Å². The molecule has 0 fully saturated rings. The fraction of sp³-hybridized carbons (Fsp3) is 0.333. The molecule has 0 atom stereocenters. The van der Waals surface area contributed by atoms with Crippen molar-refractivity contribution >= 4 is 28.6 Å². The number of nitrogens with two attached hydrogens (primary N) is 1. The van der Waals surface area contributed by atoms with Crippen molar-refractivity contribution in [2.45, 2.75) is 26.9 Å². The molecule has 3 aromatic heterocycles. The van der Waals surface area contributed by atoms with Gasteiger partial charge in [-0.15, -0.1) is 0 Å². The molecule has 194 valence electrons. The molecule has 3 heterocycles. The normalized spacial score (nSPS) is 11.4. The molecule has 0 bridgehead atoms. The summed E-state index contributed by atoms with van der Waals surface area (Å²) in [4.78, 5) is 71.8. The van der Waals surface area contributed by atoms with Crippen LogP contribution in [0.4, 0.5) is 11.5 Å². The van der Waals surface area contributed by atoms with E-state index in [1.165, 1.54) is 39.0 Å². The molecule has 0 aliphatic carbocycles. The molecule has 1 aromatic carbocycles. The summed E-state index contributed by atoms with van der Waals surface area (Å²) in [7, 11) is 2.81. The lowest BCUT2D eigenvalue weighted by atomic mass is 10.2. The van der Waals surface area contributed by atoms with Gasteiger partial charge in [0, 0.05) is 20.6 Å². The number of carbonyl (C=O) groups is 1. The Bertz CT molecular complexity index is 1720. The lowest BCUT2D eigenvalue weighted by molar-refractivity contribution is -0.119. The van der Waals surface area contributed by atoms with Crippen LogP contribution in [-0.4, -0.2) is 40.7 Å². The van der Waals surface area contributed by atoms with Crippen LogP contribution in [0.1, 0.15) is 19.4 Å². The Morgan fingerprint density at radius 1 is 1.08 bits per heavy atom. The van der Waals surface area contributed by atoms with Gasteiger partial charge in [0.25, 0.3) is 11.1 Å². The maximum atomic E-state index is 13.6. The number of aromatic amines is 1. The average molecular weight is 509 g/mol. The number of rotatable bonds is 7. The van der Waals surface area contributed by atoms with Crippen molar-refractivity contribution in [3.8, 4) is 0 Å². The summed E-state index contributed by atoms with van der Waals surface area (Å²) in [6, 6.07) is 9.08. The Morgan fingerprint density at radius 2 is 1.76 bits per heavy atom. The SMILES string of the molecule is CC(C)CN(C(=O)Cn1cnc2c1c(=O)n(C)c(=O)n2C)c1c(N)n(Cc2ccccc2)c(=O)[nH]c1=O. The maximum absolute atomic E-state index is 13.6. The molecule has 13 nitrogen and oxygen atoms in total. The largest absolute Gasteiger partial charge is 0.383 e. The van der Waals surface area contributed by atoms with Crippen LogP contribution in [-0.2, 0) is 32.0 Å². The molecular weight excluding hydrogens is 480 g/mol. The highest BCUT2D eigenvalue weighted by Crippen LogP contribution is 2.20. The quantitative estimate of drug-likeness (QED) is 0.343. The van der Waals surface area contributed by atoms with Gasteiger partial charge in [0.2, 0.25) is 5.91 Å².